The van der Waals surface area contributed by atoms with Gasteiger partial charge < -0.3 is 4.90 Å². The minimum atomic E-state index is -1.22. The number of fused-ring (bicyclic) bond motifs is 1. The number of halogens is 2. The molecule has 0 unspecified atom stereocenters. The van der Waals surface area contributed by atoms with Crippen LogP contribution in [0.5, 0.6) is 0 Å². The molecule has 6 rings (SSSR count). The summed E-state index contributed by atoms with van der Waals surface area (Å²) in [5.74, 6) is -0.494. The van der Waals surface area contributed by atoms with E-state index in [2.05, 4.69) is 39.0 Å². The van der Waals surface area contributed by atoms with Crippen molar-refractivity contribution in [3.63, 3.8) is 0 Å². The molecule has 0 radical (unpaired) electrons. The summed E-state index contributed by atoms with van der Waals surface area (Å²) in [6, 6.07) is 19.7. The summed E-state index contributed by atoms with van der Waals surface area (Å²) in [6.45, 7) is 6.38. The van der Waals surface area contributed by atoms with Crippen LogP contribution in [0, 0.1) is 5.82 Å². The number of rotatable bonds is 2. The second-order valence-corrected chi connectivity index (χ2v) is 11.9. The SMILES string of the molecule is CC1(C)C[C@](C)(c2ccc(Cl)cc2)c2cccc3c2N1C(=O)[C@]31SCC(=O)N1c1ccc(F)cc1. The highest BCUT2D eigenvalue weighted by Crippen LogP contribution is 2.62. The fourth-order valence-corrected chi connectivity index (χ4v) is 7.76. The highest BCUT2D eigenvalue weighted by molar-refractivity contribution is 8.02. The summed E-state index contributed by atoms with van der Waals surface area (Å²) in [7, 11) is 0. The first kappa shape index (κ1) is 22.6. The summed E-state index contributed by atoms with van der Waals surface area (Å²) in [5, 5.41) is 0.678. The molecule has 1 spiro atoms. The number of anilines is 2. The van der Waals surface area contributed by atoms with Crippen LogP contribution >= 0.6 is 23.4 Å². The number of carbonyl (C=O) groups excluding carboxylic acids is 2. The Morgan fingerprint density at radius 1 is 0.886 bits per heavy atom. The Bertz CT molecular complexity index is 1390. The molecule has 178 valence electrons. The Morgan fingerprint density at radius 2 is 1.54 bits per heavy atom. The molecule has 4 nitrogen and oxygen atoms in total. The lowest BCUT2D eigenvalue weighted by Crippen LogP contribution is -2.58. The van der Waals surface area contributed by atoms with E-state index < -0.39 is 10.4 Å². The predicted molar refractivity (Wildman–Crippen MR) is 139 cm³/mol. The minimum absolute atomic E-state index is 0.122. The summed E-state index contributed by atoms with van der Waals surface area (Å²) < 4.78 is 13.7. The van der Waals surface area contributed by atoms with Crippen molar-refractivity contribution in [2.45, 2.75) is 43.0 Å². The molecule has 0 bridgehead atoms. The molecule has 0 aromatic heterocycles. The number of carbonyl (C=O) groups is 2. The van der Waals surface area contributed by atoms with Crippen molar-refractivity contribution >= 4 is 46.6 Å². The molecule has 7 heteroatoms. The fourth-order valence-electron chi connectivity index (χ4n) is 6.31. The molecule has 3 aliphatic rings. The average molecular weight is 507 g/mol. The van der Waals surface area contributed by atoms with Gasteiger partial charge in [0.15, 0.2) is 0 Å². The van der Waals surface area contributed by atoms with Crippen molar-refractivity contribution in [1.82, 2.24) is 0 Å². The third-order valence-corrected chi connectivity index (χ3v) is 9.28. The zero-order chi connectivity index (χ0) is 24.8. The first-order chi connectivity index (χ1) is 16.6. The smallest absolute Gasteiger partial charge is 0.269 e. The molecule has 3 heterocycles. The number of benzene rings is 3. The van der Waals surface area contributed by atoms with E-state index in [9.17, 15) is 14.0 Å². The number of para-hydroxylation sites is 1. The largest absolute Gasteiger partial charge is 0.303 e. The van der Waals surface area contributed by atoms with Crippen LogP contribution in [0.15, 0.2) is 66.7 Å². The number of hydrogen-bond acceptors (Lipinski definition) is 3. The van der Waals surface area contributed by atoms with Crippen LogP contribution in [0.3, 0.4) is 0 Å². The van der Waals surface area contributed by atoms with Crippen LogP contribution in [0.2, 0.25) is 5.02 Å². The molecule has 3 aromatic carbocycles. The van der Waals surface area contributed by atoms with E-state index in [4.69, 9.17) is 11.6 Å². The predicted octanol–water partition coefficient (Wildman–Crippen LogP) is 6.25. The van der Waals surface area contributed by atoms with Gasteiger partial charge in [-0.05, 0) is 67.8 Å². The molecule has 2 atom stereocenters. The molecule has 3 aliphatic heterocycles. The molecule has 1 fully saturated rings. The molecule has 0 saturated carbocycles. The van der Waals surface area contributed by atoms with Gasteiger partial charge in [-0.15, -0.1) is 11.8 Å². The van der Waals surface area contributed by atoms with Gasteiger partial charge in [-0.25, -0.2) is 4.39 Å². The van der Waals surface area contributed by atoms with Crippen LogP contribution in [-0.4, -0.2) is 23.1 Å². The lowest BCUT2D eigenvalue weighted by molar-refractivity contribution is -0.124. The highest BCUT2D eigenvalue weighted by atomic mass is 35.5. The van der Waals surface area contributed by atoms with E-state index >= 15 is 0 Å². The van der Waals surface area contributed by atoms with Crippen LogP contribution in [0.1, 0.15) is 43.9 Å². The lowest BCUT2D eigenvalue weighted by atomic mass is 9.65. The third-order valence-electron chi connectivity index (χ3n) is 7.64. The highest BCUT2D eigenvalue weighted by Gasteiger charge is 2.65. The Hall–Kier alpha value is -2.83. The normalized spacial score (nSPS) is 26.5. The van der Waals surface area contributed by atoms with Gasteiger partial charge in [-0.2, -0.15) is 0 Å². The van der Waals surface area contributed by atoms with Crippen molar-refractivity contribution in [2.75, 3.05) is 15.6 Å². The van der Waals surface area contributed by atoms with Gasteiger partial charge in [0, 0.05) is 27.2 Å². The van der Waals surface area contributed by atoms with Crippen LogP contribution < -0.4 is 9.80 Å². The van der Waals surface area contributed by atoms with Crippen molar-refractivity contribution in [3.05, 3.63) is 94.3 Å². The van der Waals surface area contributed by atoms with Crippen molar-refractivity contribution in [3.8, 4) is 0 Å². The lowest BCUT2D eigenvalue weighted by Gasteiger charge is -2.50. The number of amides is 2. The van der Waals surface area contributed by atoms with E-state index in [1.54, 1.807) is 17.0 Å². The monoisotopic (exact) mass is 506 g/mol. The van der Waals surface area contributed by atoms with Gasteiger partial charge >= 0.3 is 0 Å². The topological polar surface area (TPSA) is 40.6 Å². The minimum Gasteiger partial charge on any atom is -0.303 e. The van der Waals surface area contributed by atoms with Gasteiger partial charge in [0.05, 0.1) is 11.4 Å². The summed E-state index contributed by atoms with van der Waals surface area (Å²) in [4.78, 5) is 29.9. The third kappa shape index (κ3) is 2.93. The van der Waals surface area contributed by atoms with E-state index in [1.807, 2.05) is 29.2 Å². The quantitative estimate of drug-likeness (QED) is 0.412. The first-order valence-corrected chi connectivity index (χ1v) is 12.9. The number of nitrogens with zero attached hydrogens (tertiary/aromatic N) is 2. The summed E-state index contributed by atoms with van der Waals surface area (Å²) in [5.41, 5.74) is 3.51. The van der Waals surface area contributed by atoms with Crippen LogP contribution in [0.4, 0.5) is 15.8 Å². The zero-order valence-corrected chi connectivity index (χ0v) is 21.2. The maximum absolute atomic E-state index is 14.4. The fraction of sp³-hybridized carbons (Fsp3) is 0.286. The first-order valence-electron chi connectivity index (χ1n) is 11.6. The van der Waals surface area contributed by atoms with E-state index in [-0.39, 0.29) is 28.8 Å². The van der Waals surface area contributed by atoms with Gasteiger partial charge in [-0.1, -0.05) is 48.9 Å². The maximum atomic E-state index is 14.4. The average Bonchev–Trinajstić information content (AvgIpc) is 3.29. The molecule has 3 aromatic rings. The van der Waals surface area contributed by atoms with Gasteiger partial charge in [0.1, 0.15) is 5.82 Å². The van der Waals surface area contributed by atoms with Crippen LogP contribution in [-0.2, 0) is 19.9 Å². The molecule has 2 amide bonds. The summed E-state index contributed by atoms with van der Waals surface area (Å²) in [6.07, 6.45) is 0.703. The van der Waals surface area contributed by atoms with E-state index in [0.717, 1.165) is 22.4 Å². The van der Waals surface area contributed by atoms with Crippen molar-refractivity contribution < 1.29 is 14.0 Å². The second kappa shape index (κ2) is 7.34. The second-order valence-electron chi connectivity index (χ2n) is 10.3. The zero-order valence-electron chi connectivity index (χ0n) is 19.6. The Morgan fingerprint density at radius 3 is 2.23 bits per heavy atom. The molecule has 35 heavy (non-hydrogen) atoms. The van der Waals surface area contributed by atoms with Crippen molar-refractivity contribution in [2.24, 2.45) is 0 Å². The maximum Gasteiger partial charge on any atom is 0.269 e. The van der Waals surface area contributed by atoms with Gasteiger partial charge in [-0.3, -0.25) is 14.5 Å². The molecular formula is C28H24ClFN2O2S. The Labute approximate surface area is 213 Å². The van der Waals surface area contributed by atoms with Crippen LogP contribution in [0.25, 0.3) is 0 Å². The molecule has 1 saturated heterocycles. The Balaban J connectivity index is 1.62. The molecule has 0 N–H and O–H groups in total. The number of hydrogen-bond donors (Lipinski definition) is 0. The number of thioether (sulfide) groups is 1. The standard InChI is InChI=1S/C28H24ClFN2O2S/c1-26(2)16-27(3,17-7-9-18(29)10-8-17)21-5-4-6-22-24(21)32(26)25(34)28(22)31(23(33)15-35-28)20-13-11-19(30)12-14-20/h4-14H,15-16H2,1-3H3/t27-,28-/m1/s1. The van der Waals surface area contributed by atoms with Gasteiger partial charge in [0.2, 0.25) is 10.8 Å². The van der Waals surface area contributed by atoms with Gasteiger partial charge in [0.25, 0.3) is 5.91 Å². The summed E-state index contributed by atoms with van der Waals surface area (Å²) >= 11 is 7.54. The Kier molecular flexibility index (Phi) is 4.74. The molecular weight excluding hydrogens is 483 g/mol. The van der Waals surface area contributed by atoms with E-state index in [1.165, 1.54) is 23.9 Å². The van der Waals surface area contributed by atoms with E-state index in [0.29, 0.717) is 17.1 Å². The molecule has 0 aliphatic carbocycles. The van der Waals surface area contributed by atoms with Crippen molar-refractivity contribution in [1.29, 1.82) is 0 Å².